The summed E-state index contributed by atoms with van der Waals surface area (Å²) in [6, 6.07) is 5.64. The molecule has 0 aliphatic heterocycles. The zero-order valence-electron chi connectivity index (χ0n) is 10.4. The molecule has 2 aromatic rings. The number of hydrogen-bond acceptors (Lipinski definition) is 3. The maximum absolute atomic E-state index is 12.9. The summed E-state index contributed by atoms with van der Waals surface area (Å²) in [7, 11) is 0. The zero-order chi connectivity index (χ0) is 13.5. The van der Waals surface area contributed by atoms with Gasteiger partial charge >= 0.3 is 0 Å². The third-order valence-electron chi connectivity index (χ3n) is 2.61. The van der Waals surface area contributed by atoms with Crippen LogP contribution in [0.1, 0.15) is 5.56 Å². The Hall–Kier alpha value is -1.46. The van der Waals surface area contributed by atoms with Gasteiger partial charge in [-0.25, -0.2) is 8.78 Å². The van der Waals surface area contributed by atoms with E-state index in [2.05, 4.69) is 22.1 Å². The minimum atomic E-state index is -0.886. The fourth-order valence-corrected chi connectivity index (χ4v) is 2.30. The second-order valence-electron chi connectivity index (χ2n) is 4.06. The molecule has 0 saturated heterocycles. The molecular weight excluding hydrogens is 268 g/mol. The highest BCUT2D eigenvalue weighted by Gasteiger charge is 2.02. The Labute approximate surface area is 115 Å². The Balaban J connectivity index is 1.60. The van der Waals surface area contributed by atoms with Gasteiger partial charge in [0.2, 0.25) is 0 Å². The highest BCUT2D eigenvalue weighted by atomic mass is 32.1. The Morgan fingerprint density at radius 1 is 1.11 bits per heavy atom. The monoisotopic (exact) mass is 283 g/mol. The Morgan fingerprint density at radius 2 is 2.00 bits per heavy atom. The molecule has 2 nitrogen and oxygen atoms in total. The van der Waals surface area contributed by atoms with E-state index >= 15 is 0 Å². The SMILES string of the molecule is Fc1ccc(OCCNCCc2ccsc2)cc1F. The van der Waals surface area contributed by atoms with Crippen LogP contribution in [0.3, 0.4) is 0 Å². The van der Waals surface area contributed by atoms with Gasteiger partial charge < -0.3 is 10.1 Å². The van der Waals surface area contributed by atoms with Gasteiger partial charge in [0.05, 0.1) is 0 Å². The summed E-state index contributed by atoms with van der Waals surface area (Å²) in [6.07, 6.45) is 0.981. The Kier molecular flexibility index (Phi) is 5.30. The lowest BCUT2D eigenvalue weighted by molar-refractivity contribution is 0.311. The van der Waals surface area contributed by atoms with Crippen LogP contribution in [0.25, 0.3) is 0 Å². The van der Waals surface area contributed by atoms with Crippen molar-refractivity contribution >= 4 is 11.3 Å². The molecule has 0 saturated carbocycles. The first-order valence-electron chi connectivity index (χ1n) is 6.05. The fourth-order valence-electron chi connectivity index (χ4n) is 1.60. The molecule has 0 unspecified atom stereocenters. The Bertz CT molecular complexity index is 502. The van der Waals surface area contributed by atoms with Crippen LogP contribution in [0, 0.1) is 11.6 Å². The van der Waals surface area contributed by atoms with E-state index in [1.54, 1.807) is 11.3 Å². The number of thiophene rings is 1. The number of benzene rings is 1. The van der Waals surface area contributed by atoms with Crippen molar-refractivity contribution in [3.63, 3.8) is 0 Å². The van der Waals surface area contributed by atoms with E-state index in [4.69, 9.17) is 4.74 Å². The second-order valence-corrected chi connectivity index (χ2v) is 4.84. The van der Waals surface area contributed by atoms with Gasteiger partial charge in [-0.1, -0.05) is 0 Å². The van der Waals surface area contributed by atoms with Crippen LogP contribution < -0.4 is 10.1 Å². The van der Waals surface area contributed by atoms with Crippen molar-refractivity contribution in [3.05, 3.63) is 52.2 Å². The molecule has 19 heavy (non-hydrogen) atoms. The molecule has 0 fully saturated rings. The predicted molar refractivity (Wildman–Crippen MR) is 72.7 cm³/mol. The van der Waals surface area contributed by atoms with Crippen molar-refractivity contribution in [1.82, 2.24) is 5.32 Å². The van der Waals surface area contributed by atoms with Crippen molar-refractivity contribution in [3.8, 4) is 5.75 Å². The van der Waals surface area contributed by atoms with Crippen molar-refractivity contribution in [2.45, 2.75) is 6.42 Å². The highest BCUT2D eigenvalue weighted by molar-refractivity contribution is 7.07. The average Bonchev–Trinajstić information content (AvgIpc) is 2.91. The van der Waals surface area contributed by atoms with Crippen molar-refractivity contribution < 1.29 is 13.5 Å². The maximum Gasteiger partial charge on any atom is 0.162 e. The molecule has 102 valence electrons. The van der Waals surface area contributed by atoms with Crippen LogP contribution in [0.15, 0.2) is 35.0 Å². The molecule has 0 aliphatic carbocycles. The third kappa shape index (κ3) is 4.61. The van der Waals surface area contributed by atoms with Crippen molar-refractivity contribution in [2.24, 2.45) is 0 Å². The Morgan fingerprint density at radius 3 is 2.74 bits per heavy atom. The lowest BCUT2D eigenvalue weighted by atomic mass is 10.2. The van der Waals surface area contributed by atoms with Gasteiger partial charge in [-0.05, 0) is 47.5 Å². The van der Waals surface area contributed by atoms with Gasteiger partial charge in [0.15, 0.2) is 11.6 Å². The van der Waals surface area contributed by atoms with Gasteiger partial charge in [0, 0.05) is 12.6 Å². The summed E-state index contributed by atoms with van der Waals surface area (Å²) < 4.78 is 30.9. The van der Waals surface area contributed by atoms with Gasteiger partial charge in [-0.15, -0.1) is 0 Å². The fraction of sp³-hybridized carbons (Fsp3) is 0.286. The van der Waals surface area contributed by atoms with Gasteiger partial charge in [0.25, 0.3) is 0 Å². The van der Waals surface area contributed by atoms with Crippen LogP contribution in [0.4, 0.5) is 8.78 Å². The first-order chi connectivity index (χ1) is 9.25. The van der Waals surface area contributed by atoms with E-state index in [1.807, 2.05) is 0 Å². The number of rotatable bonds is 7. The van der Waals surface area contributed by atoms with Gasteiger partial charge in [-0.3, -0.25) is 0 Å². The van der Waals surface area contributed by atoms with E-state index in [0.29, 0.717) is 18.9 Å². The molecule has 0 amide bonds. The van der Waals surface area contributed by atoms with Crippen molar-refractivity contribution in [2.75, 3.05) is 19.7 Å². The second kappa shape index (κ2) is 7.21. The van der Waals surface area contributed by atoms with Crippen LogP contribution in [0.5, 0.6) is 5.75 Å². The van der Waals surface area contributed by atoms with Crippen LogP contribution >= 0.6 is 11.3 Å². The third-order valence-corrected chi connectivity index (χ3v) is 3.34. The number of ether oxygens (including phenoxy) is 1. The minimum Gasteiger partial charge on any atom is -0.492 e. The standard InChI is InChI=1S/C14H15F2NOS/c15-13-2-1-12(9-14(13)16)18-7-6-17-5-3-11-4-8-19-10-11/h1-2,4,8-10,17H,3,5-7H2. The first-order valence-corrected chi connectivity index (χ1v) is 6.99. The smallest absolute Gasteiger partial charge is 0.162 e. The van der Waals surface area contributed by atoms with Crippen LogP contribution in [-0.4, -0.2) is 19.7 Å². The normalized spacial score (nSPS) is 10.6. The molecule has 0 aliphatic rings. The summed E-state index contributed by atoms with van der Waals surface area (Å²) in [5, 5.41) is 7.41. The summed E-state index contributed by atoms with van der Waals surface area (Å²) in [5.41, 5.74) is 1.32. The molecule has 0 radical (unpaired) electrons. The maximum atomic E-state index is 12.9. The van der Waals surface area contributed by atoms with Crippen LogP contribution in [0.2, 0.25) is 0 Å². The summed E-state index contributed by atoms with van der Waals surface area (Å²) in [6.45, 7) is 1.97. The first kappa shape index (κ1) is 14.0. The predicted octanol–water partition coefficient (Wildman–Crippen LogP) is 3.24. The molecule has 0 atom stereocenters. The number of hydrogen-bond donors (Lipinski definition) is 1. The largest absolute Gasteiger partial charge is 0.492 e. The molecule has 0 bridgehead atoms. The lowest BCUT2D eigenvalue weighted by Crippen LogP contribution is -2.23. The molecule has 5 heteroatoms. The topological polar surface area (TPSA) is 21.3 Å². The van der Waals surface area contributed by atoms with Crippen LogP contribution in [-0.2, 0) is 6.42 Å². The molecule has 1 heterocycles. The average molecular weight is 283 g/mol. The summed E-state index contributed by atoms with van der Waals surface area (Å²) in [4.78, 5) is 0. The molecule has 0 spiro atoms. The molecular formula is C14H15F2NOS. The molecule has 2 rings (SSSR count). The van der Waals surface area contributed by atoms with E-state index in [0.717, 1.165) is 25.1 Å². The summed E-state index contributed by atoms with van der Waals surface area (Å²) >= 11 is 1.69. The van der Waals surface area contributed by atoms with E-state index in [9.17, 15) is 8.78 Å². The number of halogens is 2. The minimum absolute atomic E-state index is 0.346. The van der Waals surface area contributed by atoms with E-state index < -0.39 is 11.6 Å². The molecule has 1 aromatic carbocycles. The lowest BCUT2D eigenvalue weighted by Gasteiger charge is -2.07. The zero-order valence-corrected chi connectivity index (χ0v) is 11.2. The summed E-state index contributed by atoms with van der Waals surface area (Å²) in [5.74, 6) is -1.40. The van der Waals surface area contributed by atoms with Gasteiger partial charge in [0.1, 0.15) is 12.4 Å². The highest BCUT2D eigenvalue weighted by Crippen LogP contribution is 2.14. The van der Waals surface area contributed by atoms with Gasteiger partial charge in [-0.2, -0.15) is 11.3 Å². The molecule has 1 N–H and O–H groups in total. The quantitative estimate of drug-likeness (QED) is 0.788. The van der Waals surface area contributed by atoms with E-state index in [1.165, 1.54) is 11.6 Å². The van der Waals surface area contributed by atoms with Crippen molar-refractivity contribution in [1.29, 1.82) is 0 Å². The number of nitrogens with one attached hydrogen (secondary N) is 1. The van der Waals surface area contributed by atoms with E-state index in [-0.39, 0.29) is 0 Å². The molecule has 1 aromatic heterocycles.